The van der Waals surface area contributed by atoms with Gasteiger partial charge in [0.1, 0.15) is 12.0 Å². The van der Waals surface area contributed by atoms with Crippen LogP contribution >= 0.6 is 23.1 Å². The number of thioether (sulfide) groups is 1. The molecular formula is C32H24F3N3O6S2. The molecule has 0 N–H and O–H groups in total. The molecule has 2 atom stereocenters. The number of benzene rings is 2. The molecule has 0 radical (unpaired) electrons. The average Bonchev–Trinajstić information content (AvgIpc) is 3.41. The zero-order chi connectivity index (χ0) is 31.9. The van der Waals surface area contributed by atoms with Crippen molar-refractivity contribution in [3.05, 3.63) is 98.0 Å². The molecule has 0 saturated carbocycles. The molecular weight excluding hydrogens is 643 g/mol. The molecule has 4 aromatic rings. The number of thiophene rings is 1. The molecule has 1 fully saturated rings. The maximum Gasteiger partial charge on any atom is 0.510 e. The molecule has 1 saturated heterocycles. The third kappa shape index (κ3) is 4.12. The highest BCUT2D eigenvalue weighted by Gasteiger charge is 2.50. The van der Waals surface area contributed by atoms with Crippen LogP contribution in [0, 0.1) is 5.82 Å². The number of aromatic nitrogens is 1. The van der Waals surface area contributed by atoms with Crippen LogP contribution in [0.15, 0.2) is 58.8 Å². The molecule has 1 amide bonds. The summed E-state index contributed by atoms with van der Waals surface area (Å²) in [4.78, 5) is 41.3. The zero-order valence-corrected chi connectivity index (χ0v) is 25.8. The van der Waals surface area contributed by atoms with Crippen LogP contribution in [0.2, 0.25) is 0 Å². The molecule has 0 bridgehead atoms. The Morgan fingerprint density at radius 3 is 2.74 bits per heavy atom. The number of alkyl halides is 2. The lowest BCUT2D eigenvalue weighted by Gasteiger charge is -2.51. The molecule has 2 aliphatic heterocycles. The van der Waals surface area contributed by atoms with E-state index in [-0.39, 0.29) is 17.0 Å². The number of methoxy groups -OCH3 is 1. The molecule has 2 aliphatic carbocycles. The molecule has 9 nitrogen and oxygen atoms in total. The van der Waals surface area contributed by atoms with Crippen molar-refractivity contribution in [1.29, 1.82) is 0 Å². The quantitative estimate of drug-likeness (QED) is 0.202. The fourth-order valence-electron chi connectivity index (χ4n) is 7.02. The van der Waals surface area contributed by atoms with E-state index in [4.69, 9.17) is 9.47 Å². The van der Waals surface area contributed by atoms with Gasteiger partial charge in [-0.3, -0.25) is 19.3 Å². The van der Waals surface area contributed by atoms with Gasteiger partial charge in [0.25, 0.3) is 11.8 Å². The van der Waals surface area contributed by atoms with Crippen molar-refractivity contribution >= 4 is 35.2 Å². The van der Waals surface area contributed by atoms with Crippen LogP contribution in [0.1, 0.15) is 38.8 Å². The first kappa shape index (κ1) is 29.0. The lowest BCUT2D eigenvalue weighted by Crippen LogP contribution is -2.65. The fourth-order valence-corrected chi connectivity index (χ4v) is 9.18. The topological polar surface area (TPSA) is 90.3 Å². The first-order chi connectivity index (χ1) is 22.2. The highest BCUT2D eigenvalue weighted by Crippen LogP contribution is 2.58. The molecule has 2 aromatic carbocycles. The number of rotatable bonds is 4. The zero-order valence-electron chi connectivity index (χ0n) is 24.1. The highest BCUT2D eigenvalue weighted by atomic mass is 32.2. The summed E-state index contributed by atoms with van der Waals surface area (Å²) in [6.07, 6.45) is -0.758. The molecule has 46 heavy (non-hydrogen) atoms. The van der Waals surface area contributed by atoms with Crippen LogP contribution in [0.4, 0.5) is 18.0 Å². The number of hydrogen-bond donors (Lipinski definition) is 0. The van der Waals surface area contributed by atoms with Gasteiger partial charge in [-0.25, -0.2) is 18.0 Å². The second-order valence-corrected chi connectivity index (χ2v) is 13.2. The highest BCUT2D eigenvalue weighted by molar-refractivity contribution is 7.99. The summed E-state index contributed by atoms with van der Waals surface area (Å²) in [7, 11) is 1.12. The van der Waals surface area contributed by atoms with Gasteiger partial charge >= 0.3 is 6.16 Å². The van der Waals surface area contributed by atoms with E-state index < -0.39 is 60.2 Å². The minimum atomic E-state index is -3.45. The lowest BCUT2D eigenvalue weighted by molar-refractivity contribution is -0.00826. The Hall–Kier alpha value is -4.43. The predicted molar refractivity (Wildman–Crippen MR) is 165 cm³/mol. The monoisotopic (exact) mass is 667 g/mol. The number of fused-ring (bicyclic) bond motifs is 4. The molecule has 4 aliphatic rings. The van der Waals surface area contributed by atoms with E-state index in [1.807, 2.05) is 29.3 Å². The number of amides is 1. The number of ether oxygens (including phenoxy) is 3. The van der Waals surface area contributed by atoms with Crippen molar-refractivity contribution in [2.24, 2.45) is 0 Å². The second-order valence-electron chi connectivity index (χ2n) is 11.2. The van der Waals surface area contributed by atoms with Crippen molar-refractivity contribution < 1.29 is 37.0 Å². The van der Waals surface area contributed by atoms with E-state index in [2.05, 4.69) is 4.74 Å². The van der Waals surface area contributed by atoms with E-state index in [0.717, 1.165) is 29.2 Å². The van der Waals surface area contributed by atoms with Crippen LogP contribution in [-0.2, 0) is 21.8 Å². The van der Waals surface area contributed by atoms with Gasteiger partial charge < -0.3 is 19.1 Å². The van der Waals surface area contributed by atoms with Crippen molar-refractivity contribution in [2.45, 2.75) is 24.6 Å². The van der Waals surface area contributed by atoms with Gasteiger partial charge in [0.2, 0.25) is 18.0 Å². The van der Waals surface area contributed by atoms with E-state index in [1.54, 1.807) is 28.1 Å². The first-order valence-corrected chi connectivity index (χ1v) is 16.4. The molecule has 2 aromatic heterocycles. The summed E-state index contributed by atoms with van der Waals surface area (Å²) in [6, 6.07) is 10.6. The summed E-state index contributed by atoms with van der Waals surface area (Å²) in [5.41, 5.74) is 1.87. The Labute approximate surface area is 268 Å². The van der Waals surface area contributed by atoms with E-state index in [9.17, 15) is 14.4 Å². The van der Waals surface area contributed by atoms with E-state index in [1.165, 1.54) is 28.3 Å². The van der Waals surface area contributed by atoms with Crippen LogP contribution in [-0.4, -0.2) is 59.8 Å². The molecule has 14 heteroatoms. The van der Waals surface area contributed by atoms with Crippen molar-refractivity contribution in [1.82, 2.24) is 9.58 Å². The van der Waals surface area contributed by atoms with Crippen LogP contribution in [0.5, 0.6) is 5.75 Å². The van der Waals surface area contributed by atoms with Gasteiger partial charge in [0, 0.05) is 52.7 Å². The van der Waals surface area contributed by atoms with Crippen molar-refractivity contribution in [3.63, 3.8) is 0 Å². The van der Waals surface area contributed by atoms with Crippen molar-refractivity contribution in [3.8, 4) is 27.3 Å². The maximum absolute atomic E-state index is 15.8. The Morgan fingerprint density at radius 1 is 1.09 bits per heavy atom. The normalized spacial score (nSPS) is 20.1. The molecule has 8 rings (SSSR count). The number of halogens is 3. The number of hydrogen-bond acceptors (Lipinski definition) is 9. The fraction of sp³-hybridized carbons (Fsp3) is 0.281. The van der Waals surface area contributed by atoms with Crippen LogP contribution < -0.4 is 15.2 Å². The smallest absolute Gasteiger partial charge is 0.451 e. The maximum atomic E-state index is 15.8. The van der Waals surface area contributed by atoms with Crippen LogP contribution in [0.3, 0.4) is 0 Å². The molecule has 236 valence electrons. The minimum absolute atomic E-state index is 0.109. The Morgan fingerprint density at radius 2 is 1.91 bits per heavy atom. The Kier molecular flexibility index (Phi) is 6.66. The summed E-state index contributed by atoms with van der Waals surface area (Å²) < 4.78 is 63.7. The van der Waals surface area contributed by atoms with Gasteiger partial charge in [-0.1, -0.05) is 30.3 Å². The third-order valence-corrected chi connectivity index (χ3v) is 10.9. The number of carbonyl (C=O) groups is 2. The van der Waals surface area contributed by atoms with Crippen LogP contribution in [0.25, 0.3) is 21.6 Å². The molecule has 1 unspecified atom stereocenters. The summed E-state index contributed by atoms with van der Waals surface area (Å²) in [5.74, 6) is -4.13. The summed E-state index contributed by atoms with van der Waals surface area (Å²) in [6.45, 7) is -0.349. The molecule has 4 heterocycles. The van der Waals surface area contributed by atoms with Gasteiger partial charge in [-0.15, -0.1) is 11.3 Å². The summed E-state index contributed by atoms with van der Waals surface area (Å²) in [5, 5.41) is 3.62. The second kappa shape index (κ2) is 10.6. The molecule has 0 spiro atoms. The Bertz CT molecular complexity index is 2010. The predicted octanol–water partition coefficient (Wildman–Crippen LogP) is 5.72. The van der Waals surface area contributed by atoms with Crippen molar-refractivity contribution in [2.75, 3.05) is 37.0 Å². The average molecular weight is 668 g/mol. The van der Waals surface area contributed by atoms with E-state index >= 15 is 13.2 Å². The minimum Gasteiger partial charge on any atom is -0.451 e. The summed E-state index contributed by atoms with van der Waals surface area (Å²) >= 11 is 2.99. The number of carbonyl (C=O) groups excluding carboxylic acids is 2. The van der Waals surface area contributed by atoms with Gasteiger partial charge in [0.05, 0.1) is 18.7 Å². The lowest BCUT2D eigenvalue weighted by atomic mass is 9.80. The first-order valence-electron chi connectivity index (χ1n) is 14.4. The SMILES string of the molecule is COC(=O)OCOc1c2n(ccc1=O)N(C1c3ccccc3-c3scc4c3-c3c1ccc(F)c3C(F)(F)C4)[C@@H]1CSCCN1C2=O. The largest absolute Gasteiger partial charge is 0.510 e. The third-order valence-electron chi connectivity index (χ3n) is 8.84. The van der Waals surface area contributed by atoms with Gasteiger partial charge in [0.15, 0.2) is 5.69 Å². The number of pyridine rings is 1. The standard InChI is InChI=1S/C32H24F3N3O6S2/c1-42-31(41)44-15-43-28-21(39)8-9-37-27(28)30(40)36-10-11-45-14-22(36)38(37)26-17-4-2-3-5-18(17)29-23-16(13-46-29)12-32(34,35)25-20(33)7-6-19(26)24(23)25/h2-9,13,22,26H,10-12,14-15H2,1H3/t22-,26?/m1/s1. The van der Waals surface area contributed by atoms with E-state index in [0.29, 0.717) is 34.7 Å². The Balaban J connectivity index is 1.41. The number of nitrogens with zero attached hydrogens (tertiary/aromatic N) is 3. The van der Waals surface area contributed by atoms with Gasteiger partial charge in [-0.05, 0) is 33.7 Å². The van der Waals surface area contributed by atoms with Gasteiger partial charge in [-0.2, -0.15) is 11.8 Å².